The molecular formula is C27H33ClFN5O4S2. The van der Waals surface area contributed by atoms with Crippen molar-refractivity contribution in [1.82, 2.24) is 19.9 Å². The smallest absolute Gasteiger partial charge is 0.410 e. The largest absolute Gasteiger partial charge is 0.444 e. The molecule has 1 amide bonds. The molecule has 0 aliphatic carbocycles. The Hall–Kier alpha value is -2.83. The summed E-state index contributed by atoms with van der Waals surface area (Å²) < 4.78 is 49.1. The highest BCUT2D eigenvalue weighted by atomic mass is 35.5. The van der Waals surface area contributed by atoms with Crippen LogP contribution < -0.4 is 4.72 Å². The predicted octanol–water partition coefficient (Wildman–Crippen LogP) is 6.71. The number of anilines is 1. The number of nitrogens with zero attached hydrogens (tertiary/aromatic N) is 4. The molecule has 1 N–H and O–H groups in total. The Labute approximate surface area is 243 Å². The van der Waals surface area contributed by atoms with Gasteiger partial charge in [0.15, 0.2) is 5.82 Å². The summed E-state index contributed by atoms with van der Waals surface area (Å²) in [6.45, 7) is 9.83. The lowest BCUT2D eigenvalue weighted by molar-refractivity contribution is 0.0204. The van der Waals surface area contributed by atoms with Crippen molar-refractivity contribution >= 4 is 44.7 Å². The summed E-state index contributed by atoms with van der Waals surface area (Å²) >= 11 is 7.45. The number of sulfonamides is 1. The number of benzene rings is 1. The molecule has 9 nitrogen and oxygen atoms in total. The first-order valence-corrected chi connectivity index (χ1v) is 15.8. The number of ether oxygens (including phenoxy) is 1. The summed E-state index contributed by atoms with van der Waals surface area (Å²) in [5.41, 5.74) is 0.238. The number of carbonyl (C=O) groups is 1. The van der Waals surface area contributed by atoms with Crippen LogP contribution in [-0.4, -0.2) is 58.3 Å². The lowest BCUT2D eigenvalue weighted by Crippen LogP contribution is -2.41. The van der Waals surface area contributed by atoms with Crippen molar-refractivity contribution in [2.45, 2.75) is 70.7 Å². The molecule has 3 heterocycles. The van der Waals surface area contributed by atoms with Crippen molar-refractivity contribution in [1.29, 1.82) is 0 Å². The van der Waals surface area contributed by atoms with Gasteiger partial charge in [0.2, 0.25) is 15.3 Å². The van der Waals surface area contributed by atoms with Gasteiger partial charge in [0.05, 0.1) is 32.2 Å². The summed E-state index contributed by atoms with van der Waals surface area (Å²) in [5, 5.41) is 0.125. The van der Waals surface area contributed by atoms with Crippen molar-refractivity contribution in [2.75, 3.05) is 17.8 Å². The summed E-state index contributed by atoms with van der Waals surface area (Å²) in [6.07, 6.45) is 2.87. The highest BCUT2D eigenvalue weighted by Gasteiger charge is 2.31. The number of carbonyl (C=O) groups excluding carboxylic acids is 1. The van der Waals surface area contributed by atoms with Crippen LogP contribution in [0.2, 0.25) is 5.28 Å². The van der Waals surface area contributed by atoms with Crippen molar-refractivity contribution in [3.8, 4) is 21.8 Å². The molecule has 0 saturated carbocycles. The average Bonchev–Trinajstić information content (AvgIpc) is 3.33. The Balaban J connectivity index is 1.69. The van der Waals surface area contributed by atoms with Gasteiger partial charge in [-0.3, -0.25) is 4.72 Å². The second-order valence-corrected chi connectivity index (χ2v) is 14.2. The molecule has 1 aliphatic rings. The fourth-order valence-electron chi connectivity index (χ4n) is 4.23. The van der Waals surface area contributed by atoms with Crippen LogP contribution in [0.1, 0.15) is 64.8 Å². The first-order valence-electron chi connectivity index (χ1n) is 13.1. The Morgan fingerprint density at radius 3 is 2.58 bits per heavy atom. The van der Waals surface area contributed by atoms with Gasteiger partial charge in [-0.05, 0) is 76.8 Å². The van der Waals surface area contributed by atoms with Gasteiger partial charge in [-0.2, -0.15) is 0 Å². The van der Waals surface area contributed by atoms with E-state index in [4.69, 9.17) is 21.3 Å². The number of nitrogens with one attached hydrogen (secondary N) is 1. The summed E-state index contributed by atoms with van der Waals surface area (Å²) in [7, 11) is -3.78. The summed E-state index contributed by atoms with van der Waals surface area (Å²) in [6, 6.07) is 6.21. The fraction of sp³-hybridized carbons (Fsp3) is 0.481. The predicted molar refractivity (Wildman–Crippen MR) is 156 cm³/mol. The third kappa shape index (κ3) is 6.90. The van der Waals surface area contributed by atoms with Gasteiger partial charge in [0.1, 0.15) is 5.60 Å². The highest BCUT2D eigenvalue weighted by molar-refractivity contribution is 7.93. The molecule has 3 aromatic rings. The molecule has 1 atom stereocenters. The third-order valence-electron chi connectivity index (χ3n) is 6.61. The van der Waals surface area contributed by atoms with E-state index < -0.39 is 26.7 Å². The first-order chi connectivity index (χ1) is 18.8. The van der Waals surface area contributed by atoms with E-state index in [9.17, 15) is 13.2 Å². The van der Waals surface area contributed by atoms with E-state index in [0.29, 0.717) is 48.6 Å². The molecule has 216 valence electrons. The number of thiazole rings is 1. The Morgan fingerprint density at radius 2 is 1.95 bits per heavy atom. The Kier molecular flexibility index (Phi) is 9.01. The normalized spacial score (nSPS) is 15.6. The monoisotopic (exact) mass is 609 g/mol. The summed E-state index contributed by atoms with van der Waals surface area (Å²) in [5.74, 6) is -0.698. The number of likely N-dealkylation sites (tertiary alicyclic amines) is 1. The molecule has 0 bridgehead atoms. The molecule has 40 heavy (non-hydrogen) atoms. The topological polar surface area (TPSA) is 114 Å². The quantitative estimate of drug-likeness (QED) is 0.296. The van der Waals surface area contributed by atoms with Crippen LogP contribution in [0.3, 0.4) is 0 Å². The van der Waals surface area contributed by atoms with Crippen LogP contribution >= 0.6 is 22.9 Å². The van der Waals surface area contributed by atoms with E-state index in [0.717, 1.165) is 5.01 Å². The third-order valence-corrected chi connectivity index (χ3v) is 9.93. The number of aromatic nitrogens is 3. The van der Waals surface area contributed by atoms with Crippen LogP contribution in [-0.2, 0) is 14.8 Å². The van der Waals surface area contributed by atoms with Crippen molar-refractivity contribution < 1.29 is 22.3 Å². The Bertz CT molecular complexity index is 1480. The minimum atomic E-state index is -3.78. The lowest BCUT2D eigenvalue weighted by Gasteiger charge is -2.32. The number of hydrogen-bond donors (Lipinski definition) is 1. The molecule has 0 spiro atoms. The van der Waals surface area contributed by atoms with Crippen LogP contribution in [0.4, 0.5) is 14.9 Å². The van der Waals surface area contributed by atoms with Crippen LogP contribution in [0.15, 0.2) is 30.5 Å². The number of amides is 1. The van der Waals surface area contributed by atoms with Crippen LogP contribution in [0.5, 0.6) is 0 Å². The van der Waals surface area contributed by atoms with E-state index in [-0.39, 0.29) is 28.5 Å². The number of halogens is 2. The van der Waals surface area contributed by atoms with Gasteiger partial charge in [-0.15, -0.1) is 11.3 Å². The molecule has 0 radical (unpaired) electrons. The van der Waals surface area contributed by atoms with E-state index >= 15 is 4.39 Å². The number of rotatable bonds is 7. The standard InChI is InChI=1S/C27H33ClFN5O4S2/c1-6-16(2)40(36,37)33-19-9-7-8-18(21(19)29)22-23(20-10-13-30-25(28)31-20)39-24(32-22)17-11-14-34(15-12-17)26(35)38-27(3,4)5/h7-10,13,16-17,33H,6,11-12,14-15H2,1-5H3. The van der Waals surface area contributed by atoms with Gasteiger partial charge in [-0.25, -0.2) is 32.6 Å². The minimum Gasteiger partial charge on any atom is -0.444 e. The van der Waals surface area contributed by atoms with E-state index in [2.05, 4.69) is 14.7 Å². The molecule has 4 rings (SSSR count). The van der Waals surface area contributed by atoms with Gasteiger partial charge in [-0.1, -0.05) is 13.0 Å². The Morgan fingerprint density at radius 1 is 1.25 bits per heavy atom. The van der Waals surface area contributed by atoms with Gasteiger partial charge >= 0.3 is 6.09 Å². The maximum atomic E-state index is 15.9. The zero-order valence-electron chi connectivity index (χ0n) is 23.1. The van der Waals surface area contributed by atoms with Crippen molar-refractivity contribution in [2.24, 2.45) is 0 Å². The molecule has 2 aromatic heterocycles. The molecule has 1 fully saturated rings. The SMILES string of the molecule is CCC(C)S(=O)(=O)Nc1cccc(-c2nc(C3CCN(C(=O)OC(C)(C)C)CC3)sc2-c2ccnc(Cl)n2)c1F. The van der Waals surface area contributed by atoms with E-state index in [1.54, 1.807) is 36.9 Å². The number of piperidine rings is 1. The minimum absolute atomic E-state index is 0.0312. The van der Waals surface area contributed by atoms with Crippen LogP contribution in [0.25, 0.3) is 21.8 Å². The maximum Gasteiger partial charge on any atom is 0.410 e. The highest BCUT2D eigenvalue weighted by Crippen LogP contribution is 2.42. The fourth-order valence-corrected chi connectivity index (χ4v) is 6.70. The summed E-state index contributed by atoms with van der Waals surface area (Å²) in [4.78, 5) is 27.9. The second kappa shape index (κ2) is 12.0. The molecule has 1 unspecified atom stereocenters. The first kappa shape index (κ1) is 30.1. The molecule has 1 saturated heterocycles. The zero-order chi connectivity index (χ0) is 29.2. The maximum absolute atomic E-state index is 15.9. The molecular weight excluding hydrogens is 577 g/mol. The second-order valence-electron chi connectivity index (χ2n) is 10.7. The van der Waals surface area contributed by atoms with Gasteiger partial charge < -0.3 is 9.64 Å². The molecule has 1 aliphatic heterocycles. The van der Waals surface area contributed by atoms with Gasteiger partial charge in [0.25, 0.3) is 0 Å². The molecule has 1 aromatic carbocycles. The average molecular weight is 610 g/mol. The van der Waals surface area contributed by atoms with Gasteiger partial charge in [0, 0.05) is 30.8 Å². The lowest BCUT2D eigenvalue weighted by atomic mass is 9.97. The van der Waals surface area contributed by atoms with E-state index in [1.165, 1.54) is 23.6 Å². The zero-order valence-corrected chi connectivity index (χ0v) is 25.5. The number of hydrogen-bond acceptors (Lipinski definition) is 8. The van der Waals surface area contributed by atoms with Crippen molar-refractivity contribution in [3.63, 3.8) is 0 Å². The van der Waals surface area contributed by atoms with Crippen LogP contribution in [0, 0.1) is 5.82 Å². The van der Waals surface area contributed by atoms with E-state index in [1.807, 2.05) is 20.8 Å². The molecule has 13 heteroatoms. The van der Waals surface area contributed by atoms with Crippen molar-refractivity contribution in [3.05, 3.63) is 46.6 Å².